The number of aromatic nitrogens is 1. The Bertz CT molecular complexity index is 2340. The Morgan fingerprint density at radius 2 is 1.30 bits per heavy atom. The molecule has 5 heterocycles. The molecule has 3 aromatic rings. The number of carbonyl (C=O) groups excluding carboxylic acids is 4. The number of pyridine rings is 1. The summed E-state index contributed by atoms with van der Waals surface area (Å²) in [4.78, 5) is 65.1. The number of hydrogen-bond donors (Lipinski definition) is 2. The lowest BCUT2D eigenvalue weighted by atomic mass is 10.1. The number of unbranched alkanes of at least 4 members (excludes halogenated alkanes) is 2. The lowest BCUT2D eigenvalue weighted by Crippen LogP contribution is -2.51. The molecule has 2 saturated heterocycles. The van der Waals surface area contributed by atoms with Gasteiger partial charge in [-0.2, -0.15) is 0 Å². The fraction of sp³-hybridized carbons (Fsp3) is 0.468. The van der Waals surface area contributed by atoms with Crippen LogP contribution in [0.5, 0.6) is 23.0 Å². The molecule has 5 atom stereocenters. The number of carbonyl (C=O) groups is 4. The average molecular weight is 948 g/mol. The largest absolute Gasteiger partial charge is 0.493 e. The van der Waals surface area contributed by atoms with Crippen molar-refractivity contribution in [3.63, 3.8) is 0 Å². The summed E-state index contributed by atoms with van der Waals surface area (Å²) in [5.74, 6) is 0.304. The number of benzene rings is 2. The van der Waals surface area contributed by atoms with Crippen molar-refractivity contribution < 1.29 is 57.8 Å². The zero-order valence-electron chi connectivity index (χ0n) is 38.0. The van der Waals surface area contributed by atoms with Crippen LogP contribution in [0.4, 0.5) is 21.0 Å². The first-order valence-corrected chi connectivity index (χ1v) is 23.9. The lowest BCUT2D eigenvalue weighted by molar-refractivity contribution is 0.0310. The van der Waals surface area contributed by atoms with E-state index in [0.717, 1.165) is 26.0 Å². The van der Waals surface area contributed by atoms with Gasteiger partial charge >= 0.3 is 12.2 Å². The van der Waals surface area contributed by atoms with Crippen LogP contribution in [0.25, 0.3) is 0 Å². The van der Waals surface area contributed by atoms with Gasteiger partial charge in [-0.1, -0.05) is 41.2 Å². The molecule has 19 heteroatoms. The molecule has 1 aromatic heterocycles. The minimum Gasteiger partial charge on any atom is -0.493 e. The topological polar surface area (TPSA) is 190 Å². The molecule has 2 aromatic carbocycles. The van der Waals surface area contributed by atoms with E-state index in [1.54, 1.807) is 27.0 Å². The fourth-order valence-corrected chi connectivity index (χ4v) is 10.1. The number of nitrogens with zero attached hydrogens (tertiary/aromatic N) is 5. The molecule has 66 heavy (non-hydrogen) atoms. The van der Waals surface area contributed by atoms with E-state index in [2.05, 4.69) is 18.1 Å². The summed E-state index contributed by atoms with van der Waals surface area (Å²) in [6.45, 7) is 16.1. The van der Waals surface area contributed by atoms with Crippen LogP contribution < -0.4 is 28.7 Å². The first-order chi connectivity index (χ1) is 31.5. The van der Waals surface area contributed by atoms with Gasteiger partial charge < -0.3 is 48.4 Å². The maximum atomic E-state index is 14.0. The van der Waals surface area contributed by atoms with Crippen molar-refractivity contribution in [2.45, 2.75) is 100 Å². The highest BCUT2D eigenvalue weighted by Gasteiger charge is 2.48. The van der Waals surface area contributed by atoms with Crippen LogP contribution in [0.15, 0.2) is 78.0 Å². The Hall–Kier alpha value is -5.63. The van der Waals surface area contributed by atoms with Gasteiger partial charge in [-0.25, -0.2) is 24.4 Å². The molecule has 4 amide bonds. The smallest absolute Gasteiger partial charge is 0.417 e. The van der Waals surface area contributed by atoms with E-state index in [0.29, 0.717) is 32.1 Å². The second kappa shape index (κ2) is 20.5. The van der Waals surface area contributed by atoms with Crippen molar-refractivity contribution in [2.75, 3.05) is 56.9 Å². The number of ether oxygens (including phenoxy) is 6. The van der Waals surface area contributed by atoms with Gasteiger partial charge in [0, 0.05) is 36.7 Å². The van der Waals surface area contributed by atoms with Crippen LogP contribution in [0.1, 0.15) is 80.5 Å². The molecule has 17 nitrogen and oxygen atoms in total. The number of aliphatic hydroxyl groups is 2. The Balaban J connectivity index is 1.02. The fourth-order valence-electron chi connectivity index (χ4n) is 8.24. The molecule has 0 radical (unpaired) electrons. The Kier molecular flexibility index (Phi) is 15.0. The normalized spacial score (nSPS) is 20.7. The molecule has 0 spiro atoms. The number of fused-ring (bicyclic) bond motifs is 4. The average Bonchev–Trinajstić information content (AvgIpc) is 3.85. The first-order valence-electron chi connectivity index (χ1n) is 21.7. The third-order valence-electron chi connectivity index (χ3n) is 11.3. The molecule has 0 aliphatic carbocycles. The van der Waals surface area contributed by atoms with E-state index in [1.807, 2.05) is 25.1 Å². The standard InChI is InChI=1S/C47H57N5O12S2/c1-27-18-34-43(55)51(45(57)63-26-29(3)65-66-40-14-10-11-15-48-40)32-22-38(36(59-7)20-30(32)41(53)49(34)24-27)61-16-12-9-13-17-62-39-23-33-31(21-37(39)60-8)42(54)50-25-28(2)19-35(50)44(56)52(33)46(58)64-47(4,5)6/h10-11,14-15,20-23,29,34-35,43-44,55-56H,1-2,9,12-13,16-19,24-26H2,3-8H3/t29-,34+,35+,43+,44+/m1/s1. The van der Waals surface area contributed by atoms with Crippen LogP contribution in [0, 0.1) is 0 Å². The number of anilines is 2. The van der Waals surface area contributed by atoms with Crippen molar-refractivity contribution in [1.29, 1.82) is 0 Å². The summed E-state index contributed by atoms with van der Waals surface area (Å²) in [6.07, 6.45) is -0.360. The molecule has 7 rings (SSSR count). The SMILES string of the molecule is C=C1C[C@H]2[C@H](O)N(C(=O)OC[C@@H](C)SSc3ccccn3)c3cc(OCCCCCOc4cc5c(cc4OC)C(=O)N4CC(=C)C[C@H]4[C@H](O)N5C(=O)OC(C)(C)C)c(OC)cc3C(=O)N2C1. The zero-order valence-corrected chi connectivity index (χ0v) is 39.7. The third-order valence-corrected chi connectivity index (χ3v) is 14.1. The molecule has 4 aliphatic rings. The minimum absolute atomic E-state index is 0.0304. The monoisotopic (exact) mass is 947 g/mol. The van der Waals surface area contributed by atoms with Gasteiger partial charge in [-0.3, -0.25) is 9.59 Å². The predicted octanol–water partition coefficient (Wildman–Crippen LogP) is 7.45. The molecular weight excluding hydrogens is 891 g/mol. The summed E-state index contributed by atoms with van der Waals surface area (Å²) in [5.41, 5.74) is 1.19. The van der Waals surface area contributed by atoms with Crippen LogP contribution in [-0.2, 0) is 9.47 Å². The second-order valence-electron chi connectivity index (χ2n) is 17.5. The van der Waals surface area contributed by atoms with E-state index < -0.39 is 42.3 Å². The van der Waals surface area contributed by atoms with Crippen LogP contribution >= 0.6 is 21.6 Å². The molecular formula is C47H57N5O12S2. The summed E-state index contributed by atoms with van der Waals surface area (Å²) < 4.78 is 35.2. The van der Waals surface area contributed by atoms with Crippen molar-refractivity contribution in [2.24, 2.45) is 0 Å². The molecule has 0 saturated carbocycles. The number of methoxy groups -OCH3 is 2. The van der Waals surface area contributed by atoms with Crippen molar-refractivity contribution in [3.05, 3.63) is 84.1 Å². The van der Waals surface area contributed by atoms with Gasteiger partial charge in [-0.15, -0.1) is 0 Å². The summed E-state index contributed by atoms with van der Waals surface area (Å²) >= 11 is 0. The zero-order chi connectivity index (χ0) is 47.4. The second-order valence-corrected chi connectivity index (χ2v) is 20.1. The molecule has 354 valence electrons. The predicted molar refractivity (Wildman–Crippen MR) is 250 cm³/mol. The van der Waals surface area contributed by atoms with Gasteiger partial charge in [0.05, 0.1) is 62.0 Å². The van der Waals surface area contributed by atoms with E-state index >= 15 is 0 Å². The maximum Gasteiger partial charge on any atom is 0.417 e. The van der Waals surface area contributed by atoms with E-state index in [4.69, 9.17) is 28.4 Å². The number of aliphatic hydroxyl groups excluding tert-OH is 2. The number of hydrogen-bond acceptors (Lipinski definition) is 15. The maximum absolute atomic E-state index is 14.0. The van der Waals surface area contributed by atoms with E-state index in [-0.39, 0.29) is 95.5 Å². The number of rotatable bonds is 15. The summed E-state index contributed by atoms with van der Waals surface area (Å²) in [7, 11) is 5.86. The Labute approximate surface area is 392 Å². The lowest BCUT2D eigenvalue weighted by Gasteiger charge is -2.33. The molecule has 4 aliphatic heterocycles. The molecule has 0 unspecified atom stereocenters. The molecule has 2 N–H and O–H groups in total. The third kappa shape index (κ3) is 10.5. The minimum atomic E-state index is -1.43. The van der Waals surface area contributed by atoms with Gasteiger partial charge in [0.2, 0.25) is 0 Å². The van der Waals surface area contributed by atoms with Gasteiger partial charge in [-0.05, 0) is 94.9 Å². The van der Waals surface area contributed by atoms with Crippen molar-refractivity contribution in [1.82, 2.24) is 14.8 Å². The quantitative estimate of drug-likeness (QED) is 0.0868. The van der Waals surface area contributed by atoms with Crippen LogP contribution in [-0.4, -0.2) is 132 Å². The number of amides is 4. The summed E-state index contributed by atoms with van der Waals surface area (Å²) in [6, 6.07) is 10.2. The van der Waals surface area contributed by atoms with Crippen LogP contribution in [0.2, 0.25) is 0 Å². The van der Waals surface area contributed by atoms with Gasteiger partial charge in [0.25, 0.3) is 11.8 Å². The molecule has 2 fully saturated rings. The summed E-state index contributed by atoms with van der Waals surface area (Å²) in [5, 5.41) is 24.0. The highest BCUT2D eigenvalue weighted by atomic mass is 33.1. The first kappa shape index (κ1) is 48.3. The Morgan fingerprint density at radius 3 is 1.77 bits per heavy atom. The van der Waals surface area contributed by atoms with Crippen molar-refractivity contribution >= 4 is 57.0 Å². The Morgan fingerprint density at radius 1 is 0.788 bits per heavy atom. The van der Waals surface area contributed by atoms with Gasteiger partial charge in [0.1, 0.15) is 17.2 Å². The molecule has 0 bridgehead atoms. The van der Waals surface area contributed by atoms with Gasteiger partial charge in [0.15, 0.2) is 35.5 Å². The van der Waals surface area contributed by atoms with Crippen molar-refractivity contribution in [3.8, 4) is 23.0 Å². The van der Waals surface area contributed by atoms with E-state index in [9.17, 15) is 29.4 Å². The van der Waals surface area contributed by atoms with E-state index in [1.165, 1.54) is 69.9 Å². The van der Waals surface area contributed by atoms with Crippen LogP contribution in [0.3, 0.4) is 0 Å². The highest BCUT2D eigenvalue weighted by molar-refractivity contribution is 8.76. The highest BCUT2D eigenvalue weighted by Crippen LogP contribution is 2.44.